The number of nitrogens with zero attached hydrogens (tertiary/aromatic N) is 1. The first kappa shape index (κ1) is 20.7. The normalized spacial score (nSPS) is 10.1. The Labute approximate surface area is 164 Å². The lowest BCUT2D eigenvalue weighted by molar-refractivity contribution is 0.276. The van der Waals surface area contributed by atoms with Gasteiger partial charge < -0.3 is 14.8 Å². The van der Waals surface area contributed by atoms with Crippen molar-refractivity contribution in [3.63, 3.8) is 0 Å². The number of benzene rings is 2. The van der Waals surface area contributed by atoms with Crippen LogP contribution in [0.2, 0.25) is 0 Å². The van der Waals surface area contributed by atoms with Crippen LogP contribution >= 0.6 is 12.4 Å². The molecular weight excluding hydrogens is 367 g/mol. The predicted molar refractivity (Wildman–Crippen MR) is 106 cm³/mol. The van der Waals surface area contributed by atoms with Gasteiger partial charge in [0.1, 0.15) is 12.4 Å². The molecule has 1 heterocycles. The van der Waals surface area contributed by atoms with Gasteiger partial charge in [0.15, 0.2) is 11.5 Å². The summed E-state index contributed by atoms with van der Waals surface area (Å²) in [6.45, 7) is 1.46. The summed E-state index contributed by atoms with van der Waals surface area (Å²) in [7, 11) is 1.60. The number of para-hydroxylation sites is 1. The fourth-order valence-electron chi connectivity index (χ4n) is 2.63. The number of ether oxygens (including phenoxy) is 2. The van der Waals surface area contributed by atoms with Gasteiger partial charge in [-0.3, -0.25) is 4.98 Å². The van der Waals surface area contributed by atoms with Gasteiger partial charge >= 0.3 is 0 Å². The molecule has 0 fully saturated rings. The van der Waals surface area contributed by atoms with E-state index in [1.165, 1.54) is 6.07 Å². The van der Waals surface area contributed by atoms with Crippen molar-refractivity contribution in [1.29, 1.82) is 0 Å². The third-order valence-electron chi connectivity index (χ3n) is 4.00. The van der Waals surface area contributed by atoms with Crippen molar-refractivity contribution >= 4 is 12.4 Å². The van der Waals surface area contributed by atoms with E-state index in [9.17, 15) is 4.39 Å². The lowest BCUT2D eigenvalue weighted by Gasteiger charge is -2.16. The van der Waals surface area contributed by atoms with Crippen LogP contribution in [-0.2, 0) is 19.7 Å². The first-order chi connectivity index (χ1) is 12.8. The van der Waals surface area contributed by atoms with E-state index in [1.807, 2.05) is 30.3 Å². The number of hydrogen-bond donors (Lipinski definition) is 1. The molecular formula is C21H22ClFN2O2. The average molecular weight is 389 g/mol. The number of hydrogen-bond acceptors (Lipinski definition) is 4. The summed E-state index contributed by atoms with van der Waals surface area (Å²) in [5.74, 6) is 0.977. The lowest BCUT2D eigenvalue weighted by Crippen LogP contribution is -2.14. The van der Waals surface area contributed by atoms with E-state index >= 15 is 0 Å². The SMILES string of the molecule is COc1cccc(CNCc2ccncc2)c1OCc1ccccc1F.Cl. The van der Waals surface area contributed by atoms with Crippen LogP contribution in [0.3, 0.4) is 0 Å². The molecule has 0 aliphatic rings. The molecule has 0 amide bonds. The molecule has 0 aliphatic heterocycles. The molecule has 0 aliphatic carbocycles. The van der Waals surface area contributed by atoms with Crippen LogP contribution in [-0.4, -0.2) is 12.1 Å². The second-order valence-electron chi connectivity index (χ2n) is 5.79. The van der Waals surface area contributed by atoms with Crippen LogP contribution in [0.1, 0.15) is 16.7 Å². The minimum Gasteiger partial charge on any atom is -0.493 e. The minimum atomic E-state index is -0.278. The van der Waals surface area contributed by atoms with E-state index in [2.05, 4.69) is 10.3 Å². The highest BCUT2D eigenvalue weighted by Gasteiger charge is 2.12. The van der Waals surface area contributed by atoms with E-state index < -0.39 is 0 Å². The molecule has 0 atom stereocenters. The molecule has 1 aromatic heterocycles. The Bertz CT molecular complexity index is 847. The smallest absolute Gasteiger partial charge is 0.166 e. The summed E-state index contributed by atoms with van der Waals surface area (Å²) >= 11 is 0. The summed E-state index contributed by atoms with van der Waals surface area (Å²) in [5, 5.41) is 3.38. The van der Waals surface area contributed by atoms with Gasteiger partial charge in [-0.25, -0.2) is 4.39 Å². The number of nitrogens with one attached hydrogen (secondary N) is 1. The Morgan fingerprint density at radius 2 is 1.67 bits per heavy atom. The van der Waals surface area contributed by atoms with Crippen molar-refractivity contribution in [3.05, 3.63) is 89.5 Å². The van der Waals surface area contributed by atoms with E-state index in [0.717, 1.165) is 11.1 Å². The van der Waals surface area contributed by atoms with Crippen molar-refractivity contribution in [2.24, 2.45) is 0 Å². The molecule has 2 aromatic carbocycles. The van der Waals surface area contributed by atoms with Gasteiger partial charge in [0.25, 0.3) is 0 Å². The van der Waals surface area contributed by atoms with Crippen molar-refractivity contribution in [2.45, 2.75) is 19.7 Å². The minimum absolute atomic E-state index is 0. The zero-order chi connectivity index (χ0) is 18.2. The molecule has 6 heteroatoms. The Kier molecular flexibility index (Phi) is 8.04. The standard InChI is InChI=1S/C21H21FN2O2.ClH/c1-25-20-8-4-6-17(14-24-13-16-9-11-23-12-10-16)21(20)26-15-18-5-2-3-7-19(18)22;/h2-12,24H,13-15H2,1H3;1H. The quantitative estimate of drug-likeness (QED) is 0.616. The summed E-state index contributed by atoms with van der Waals surface area (Å²) in [4.78, 5) is 4.01. The highest BCUT2D eigenvalue weighted by Crippen LogP contribution is 2.32. The lowest BCUT2D eigenvalue weighted by atomic mass is 10.1. The van der Waals surface area contributed by atoms with Gasteiger partial charge in [-0.15, -0.1) is 12.4 Å². The van der Waals surface area contributed by atoms with Crippen LogP contribution in [0.15, 0.2) is 67.0 Å². The Hall–Kier alpha value is -2.63. The third-order valence-corrected chi connectivity index (χ3v) is 4.00. The molecule has 27 heavy (non-hydrogen) atoms. The molecule has 0 saturated carbocycles. The second kappa shape index (κ2) is 10.5. The van der Waals surface area contributed by atoms with Crippen LogP contribution in [0.25, 0.3) is 0 Å². The molecule has 142 valence electrons. The summed E-state index contributed by atoms with van der Waals surface area (Å²) in [6.07, 6.45) is 3.54. The van der Waals surface area contributed by atoms with Crippen molar-refractivity contribution < 1.29 is 13.9 Å². The first-order valence-electron chi connectivity index (χ1n) is 8.39. The number of methoxy groups -OCH3 is 1. The Balaban J connectivity index is 0.00000261. The van der Waals surface area contributed by atoms with Crippen molar-refractivity contribution in [1.82, 2.24) is 10.3 Å². The second-order valence-corrected chi connectivity index (χ2v) is 5.79. The number of aromatic nitrogens is 1. The highest BCUT2D eigenvalue weighted by atomic mass is 35.5. The fraction of sp³-hybridized carbons (Fsp3) is 0.190. The maximum absolute atomic E-state index is 13.8. The molecule has 0 unspecified atom stereocenters. The topological polar surface area (TPSA) is 43.4 Å². The van der Waals surface area contributed by atoms with E-state index in [-0.39, 0.29) is 24.8 Å². The zero-order valence-electron chi connectivity index (χ0n) is 15.0. The van der Waals surface area contributed by atoms with Gasteiger partial charge in [0, 0.05) is 36.6 Å². The van der Waals surface area contributed by atoms with Crippen LogP contribution in [0.5, 0.6) is 11.5 Å². The number of pyridine rings is 1. The first-order valence-corrected chi connectivity index (χ1v) is 8.39. The Morgan fingerprint density at radius 1 is 0.926 bits per heavy atom. The molecule has 0 radical (unpaired) electrons. The summed E-state index contributed by atoms with van der Waals surface area (Å²) < 4.78 is 25.2. The van der Waals surface area contributed by atoms with Gasteiger partial charge in [-0.1, -0.05) is 30.3 Å². The van der Waals surface area contributed by atoms with Crippen molar-refractivity contribution in [2.75, 3.05) is 7.11 Å². The van der Waals surface area contributed by atoms with Gasteiger partial charge in [-0.2, -0.15) is 0 Å². The van der Waals surface area contributed by atoms with E-state index in [1.54, 1.807) is 37.7 Å². The molecule has 3 aromatic rings. The summed E-state index contributed by atoms with van der Waals surface area (Å²) in [6, 6.07) is 16.3. The summed E-state index contributed by atoms with van der Waals surface area (Å²) in [5.41, 5.74) is 2.61. The third kappa shape index (κ3) is 5.67. The number of halogens is 2. The molecule has 3 rings (SSSR count). The van der Waals surface area contributed by atoms with Crippen molar-refractivity contribution in [3.8, 4) is 11.5 Å². The highest BCUT2D eigenvalue weighted by molar-refractivity contribution is 5.85. The van der Waals surface area contributed by atoms with Gasteiger partial charge in [0.05, 0.1) is 7.11 Å². The average Bonchev–Trinajstić information content (AvgIpc) is 2.68. The van der Waals surface area contributed by atoms with Gasteiger partial charge in [-0.05, 0) is 29.8 Å². The molecule has 1 N–H and O–H groups in total. The Morgan fingerprint density at radius 3 is 2.41 bits per heavy atom. The van der Waals surface area contributed by atoms with Crippen LogP contribution in [0, 0.1) is 5.82 Å². The molecule has 4 nitrogen and oxygen atoms in total. The number of rotatable bonds is 8. The fourth-order valence-corrected chi connectivity index (χ4v) is 2.63. The van der Waals surface area contributed by atoms with Crippen LogP contribution < -0.4 is 14.8 Å². The molecule has 0 spiro atoms. The van der Waals surface area contributed by atoms with E-state index in [4.69, 9.17) is 9.47 Å². The maximum Gasteiger partial charge on any atom is 0.166 e. The largest absolute Gasteiger partial charge is 0.493 e. The molecule has 0 saturated heterocycles. The predicted octanol–water partition coefficient (Wildman–Crippen LogP) is 4.52. The van der Waals surface area contributed by atoms with E-state index in [0.29, 0.717) is 30.2 Å². The van der Waals surface area contributed by atoms with Gasteiger partial charge in [0.2, 0.25) is 0 Å². The zero-order valence-corrected chi connectivity index (χ0v) is 15.8. The monoisotopic (exact) mass is 388 g/mol. The molecule has 0 bridgehead atoms. The van der Waals surface area contributed by atoms with Crippen LogP contribution in [0.4, 0.5) is 4.39 Å². The maximum atomic E-state index is 13.8.